The number of amides is 2. The van der Waals surface area contributed by atoms with Crippen LogP contribution in [-0.4, -0.2) is 111 Å². The number of rotatable bonds is 10. The van der Waals surface area contributed by atoms with E-state index in [-0.39, 0.29) is 17.9 Å². The number of hydrogen-bond donors (Lipinski definition) is 2. The van der Waals surface area contributed by atoms with Gasteiger partial charge in [0.05, 0.1) is 25.8 Å². The predicted molar refractivity (Wildman–Crippen MR) is 110 cm³/mol. The van der Waals surface area contributed by atoms with Crippen molar-refractivity contribution in [2.75, 3.05) is 78.6 Å². The van der Waals surface area contributed by atoms with Crippen LogP contribution in [-0.2, 0) is 14.3 Å². The van der Waals surface area contributed by atoms with E-state index < -0.39 is 0 Å². The highest BCUT2D eigenvalue weighted by Crippen LogP contribution is 2.07. The number of nitrogens with zero attached hydrogens (tertiary/aromatic N) is 3. The van der Waals surface area contributed by atoms with Gasteiger partial charge in [-0.15, -0.1) is 0 Å². The molecule has 2 saturated heterocycles. The number of ether oxygens (including phenoxy) is 1. The molecule has 8 heteroatoms. The maximum Gasteiger partial charge on any atom is 0.234 e. The minimum Gasteiger partial charge on any atom is -0.374 e. The molecule has 0 aromatic carbocycles. The highest BCUT2D eigenvalue weighted by Gasteiger charge is 2.23. The molecule has 0 bridgehead atoms. The van der Waals surface area contributed by atoms with Crippen LogP contribution < -0.4 is 10.6 Å². The molecule has 2 heterocycles. The second-order valence-electron chi connectivity index (χ2n) is 8.35. The van der Waals surface area contributed by atoms with Crippen LogP contribution in [0, 0.1) is 5.92 Å². The molecule has 0 aromatic rings. The molecule has 2 fully saturated rings. The lowest BCUT2D eigenvalue weighted by Crippen LogP contribution is -2.53. The average Bonchev–Trinajstić information content (AvgIpc) is 2.66. The van der Waals surface area contributed by atoms with E-state index in [0.29, 0.717) is 25.6 Å². The van der Waals surface area contributed by atoms with Crippen molar-refractivity contribution in [3.05, 3.63) is 0 Å². The Labute approximate surface area is 169 Å². The van der Waals surface area contributed by atoms with Gasteiger partial charge in [0.2, 0.25) is 11.8 Å². The molecule has 2 amide bonds. The maximum absolute atomic E-state index is 12.3. The minimum absolute atomic E-state index is 0.0544. The molecule has 0 aromatic heterocycles. The third-order valence-electron chi connectivity index (χ3n) is 5.14. The molecule has 2 aliphatic rings. The first kappa shape index (κ1) is 23.1. The largest absolute Gasteiger partial charge is 0.374 e. The van der Waals surface area contributed by atoms with Crippen LogP contribution in [0.1, 0.15) is 27.2 Å². The molecule has 0 spiro atoms. The van der Waals surface area contributed by atoms with Crippen LogP contribution in [0.15, 0.2) is 0 Å². The van der Waals surface area contributed by atoms with Crippen LogP contribution >= 0.6 is 0 Å². The Morgan fingerprint density at radius 2 is 1.57 bits per heavy atom. The summed E-state index contributed by atoms with van der Waals surface area (Å²) in [6.07, 6.45) is 1.03. The van der Waals surface area contributed by atoms with Gasteiger partial charge in [-0.05, 0) is 12.3 Å². The third kappa shape index (κ3) is 8.86. The molecule has 162 valence electrons. The quantitative estimate of drug-likeness (QED) is 0.523. The minimum atomic E-state index is 0.0544. The zero-order valence-corrected chi connectivity index (χ0v) is 17.9. The Bertz CT molecular complexity index is 480. The van der Waals surface area contributed by atoms with E-state index in [1.54, 1.807) is 0 Å². The second-order valence-corrected chi connectivity index (χ2v) is 8.35. The van der Waals surface area contributed by atoms with Gasteiger partial charge in [0.1, 0.15) is 0 Å². The third-order valence-corrected chi connectivity index (χ3v) is 5.14. The van der Waals surface area contributed by atoms with Crippen molar-refractivity contribution in [1.82, 2.24) is 25.3 Å². The van der Waals surface area contributed by atoms with Gasteiger partial charge in [0, 0.05) is 58.9 Å². The van der Waals surface area contributed by atoms with Gasteiger partial charge in [0.25, 0.3) is 0 Å². The summed E-state index contributed by atoms with van der Waals surface area (Å²) in [4.78, 5) is 30.8. The fourth-order valence-electron chi connectivity index (χ4n) is 3.70. The average molecular weight is 398 g/mol. The highest BCUT2D eigenvalue weighted by molar-refractivity contribution is 5.78. The number of carbonyl (C=O) groups excluding carboxylic acids is 2. The van der Waals surface area contributed by atoms with Crippen molar-refractivity contribution < 1.29 is 14.3 Å². The number of nitrogens with one attached hydrogen (secondary N) is 2. The molecular weight excluding hydrogens is 358 g/mol. The lowest BCUT2D eigenvalue weighted by atomic mass is 10.2. The normalized spacial score (nSPS) is 22.4. The van der Waals surface area contributed by atoms with E-state index in [2.05, 4.69) is 39.2 Å². The molecule has 0 radical (unpaired) electrons. The van der Waals surface area contributed by atoms with E-state index in [9.17, 15) is 9.59 Å². The Hall–Kier alpha value is -1.22. The van der Waals surface area contributed by atoms with E-state index in [4.69, 9.17) is 4.74 Å². The van der Waals surface area contributed by atoms with Crippen LogP contribution in [0.4, 0.5) is 0 Å². The van der Waals surface area contributed by atoms with Gasteiger partial charge in [-0.3, -0.25) is 24.3 Å². The Kier molecular flexibility index (Phi) is 10.2. The SMILES string of the molecule is CCCNC(=O)CN1CCN(CC(=O)NCC2CN(CC(C)C)CCO2)CC1. The second kappa shape index (κ2) is 12.4. The summed E-state index contributed by atoms with van der Waals surface area (Å²) in [5.74, 6) is 0.787. The molecule has 2 N–H and O–H groups in total. The van der Waals surface area contributed by atoms with E-state index in [0.717, 1.165) is 65.4 Å². The van der Waals surface area contributed by atoms with Crippen LogP contribution in [0.5, 0.6) is 0 Å². The fraction of sp³-hybridized carbons (Fsp3) is 0.900. The van der Waals surface area contributed by atoms with Crippen LogP contribution in [0.3, 0.4) is 0 Å². The molecule has 8 nitrogen and oxygen atoms in total. The zero-order valence-electron chi connectivity index (χ0n) is 17.9. The van der Waals surface area contributed by atoms with Crippen molar-refractivity contribution in [1.29, 1.82) is 0 Å². The zero-order chi connectivity index (χ0) is 20.4. The summed E-state index contributed by atoms with van der Waals surface area (Å²) in [7, 11) is 0. The summed E-state index contributed by atoms with van der Waals surface area (Å²) in [6, 6.07) is 0. The molecule has 1 atom stereocenters. The van der Waals surface area contributed by atoms with Gasteiger partial charge in [-0.25, -0.2) is 0 Å². The smallest absolute Gasteiger partial charge is 0.234 e. The first-order chi connectivity index (χ1) is 13.5. The molecule has 1 unspecified atom stereocenters. The van der Waals surface area contributed by atoms with Crippen molar-refractivity contribution in [2.24, 2.45) is 5.92 Å². The Balaban J connectivity index is 1.59. The Morgan fingerprint density at radius 3 is 2.14 bits per heavy atom. The summed E-state index contributed by atoms with van der Waals surface area (Å²) in [6.45, 7) is 15.6. The summed E-state index contributed by atoms with van der Waals surface area (Å²) >= 11 is 0. The van der Waals surface area contributed by atoms with Gasteiger partial charge < -0.3 is 15.4 Å². The monoisotopic (exact) mass is 397 g/mol. The van der Waals surface area contributed by atoms with Gasteiger partial charge >= 0.3 is 0 Å². The maximum atomic E-state index is 12.3. The highest BCUT2D eigenvalue weighted by atomic mass is 16.5. The van der Waals surface area contributed by atoms with E-state index >= 15 is 0 Å². The molecule has 2 rings (SSSR count). The summed E-state index contributed by atoms with van der Waals surface area (Å²) in [5.41, 5.74) is 0. The molecule has 28 heavy (non-hydrogen) atoms. The number of piperazine rings is 1. The van der Waals surface area contributed by atoms with Gasteiger partial charge in [-0.2, -0.15) is 0 Å². The molecular formula is C20H39N5O3. The van der Waals surface area contributed by atoms with E-state index in [1.807, 2.05) is 6.92 Å². The summed E-state index contributed by atoms with van der Waals surface area (Å²) < 4.78 is 5.79. The van der Waals surface area contributed by atoms with Crippen LogP contribution in [0.2, 0.25) is 0 Å². The number of carbonyl (C=O) groups is 2. The molecule has 2 aliphatic heterocycles. The van der Waals surface area contributed by atoms with Crippen LogP contribution in [0.25, 0.3) is 0 Å². The first-order valence-corrected chi connectivity index (χ1v) is 10.8. The number of morpholine rings is 1. The van der Waals surface area contributed by atoms with Crippen molar-refractivity contribution in [3.63, 3.8) is 0 Å². The van der Waals surface area contributed by atoms with Crippen molar-refractivity contribution >= 4 is 11.8 Å². The van der Waals surface area contributed by atoms with Crippen molar-refractivity contribution in [3.8, 4) is 0 Å². The predicted octanol–water partition coefficient (Wildman–Crippen LogP) is -0.397. The lowest BCUT2D eigenvalue weighted by molar-refractivity contribution is -0.125. The molecule has 0 saturated carbocycles. The number of hydrogen-bond acceptors (Lipinski definition) is 6. The standard InChI is InChI=1S/C20H39N5O3/c1-4-5-21-19(26)15-23-6-8-24(9-7-23)16-20(27)22-12-18-14-25(10-11-28-18)13-17(2)3/h17-18H,4-16H2,1-3H3,(H,21,26)(H,22,27). The van der Waals surface area contributed by atoms with E-state index in [1.165, 1.54) is 0 Å². The summed E-state index contributed by atoms with van der Waals surface area (Å²) in [5, 5.41) is 5.94. The lowest BCUT2D eigenvalue weighted by Gasteiger charge is -2.35. The first-order valence-electron chi connectivity index (χ1n) is 10.8. The van der Waals surface area contributed by atoms with Gasteiger partial charge in [0.15, 0.2) is 0 Å². The Morgan fingerprint density at radius 1 is 0.964 bits per heavy atom. The topological polar surface area (TPSA) is 77.2 Å². The molecule has 0 aliphatic carbocycles. The van der Waals surface area contributed by atoms with Gasteiger partial charge in [-0.1, -0.05) is 20.8 Å². The fourth-order valence-corrected chi connectivity index (χ4v) is 3.70. The van der Waals surface area contributed by atoms with Crippen molar-refractivity contribution in [2.45, 2.75) is 33.3 Å².